The summed E-state index contributed by atoms with van der Waals surface area (Å²) in [5.74, 6) is 0.199. The van der Waals surface area contributed by atoms with E-state index in [1.165, 1.54) is 18.0 Å². The first-order chi connectivity index (χ1) is 14.4. The van der Waals surface area contributed by atoms with Crippen LogP contribution >= 0.6 is 0 Å². The van der Waals surface area contributed by atoms with Gasteiger partial charge in [0.1, 0.15) is 5.75 Å². The quantitative estimate of drug-likeness (QED) is 0.511. The molecule has 0 aliphatic rings. The summed E-state index contributed by atoms with van der Waals surface area (Å²) in [5.41, 5.74) is 1.21. The molecule has 0 bridgehead atoms. The van der Waals surface area contributed by atoms with Crippen molar-refractivity contribution in [2.45, 2.75) is 6.92 Å². The fourth-order valence-electron chi connectivity index (χ4n) is 3.41. The topological polar surface area (TPSA) is 102 Å². The Labute approximate surface area is 171 Å². The molecule has 0 aliphatic heterocycles. The van der Waals surface area contributed by atoms with E-state index in [2.05, 4.69) is 9.98 Å². The second-order valence-corrected chi connectivity index (χ2v) is 6.80. The van der Waals surface area contributed by atoms with Crippen LogP contribution in [0.4, 0.5) is 5.69 Å². The molecule has 0 amide bonds. The van der Waals surface area contributed by atoms with Gasteiger partial charge in [0.15, 0.2) is 5.69 Å². The number of aromatic amines is 1. The highest BCUT2D eigenvalue weighted by Gasteiger charge is 2.16. The molecule has 2 aromatic heterocycles. The number of nitrogens with one attached hydrogen (secondary N) is 1. The summed E-state index contributed by atoms with van der Waals surface area (Å²) in [6.07, 6.45) is 1.39. The van der Waals surface area contributed by atoms with Gasteiger partial charge < -0.3 is 9.84 Å². The van der Waals surface area contributed by atoms with Crippen molar-refractivity contribution in [3.63, 3.8) is 0 Å². The lowest BCUT2D eigenvalue weighted by Gasteiger charge is -2.07. The molecular weight excluding hydrogens is 384 g/mol. The molecule has 0 fully saturated rings. The lowest BCUT2D eigenvalue weighted by atomic mass is 10.1. The van der Waals surface area contributed by atoms with Crippen molar-refractivity contribution in [2.75, 3.05) is 7.11 Å². The zero-order valence-electron chi connectivity index (χ0n) is 16.7. The Balaban J connectivity index is 1.87. The lowest BCUT2D eigenvalue weighted by Crippen LogP contribution is -2.19. The summed E-state index contributed by atoms with van der Waals surface area (Å²) in [6, 6.07) is 14.2. The number of aliphatic imine (C=N–C) groups is 1. The predicted octanol–water partition coefficient (Wildman–Crippen LogP) is 2.79. The maximum atomic E-state index is 13.0. The molecule has 8 heteroatoms. The van der Waals surface area contributed by atoms with Gasteiger partial charge in [-0.1, -0.05) is 18.2 Å². The molecule has 0 saturated carbocycles. The van der Waals surface area contributed by atoms with Crippen molar-refractivity contribution in [1.29, 1.82) is 0 Å². The third kappa shape index (κ3) is 3.08. The van der Waals surface area contributed by atoms with Crippen molar-refractivity contribution >= 4 is 22.7 Å². The molecule has 0 atom stereocenters. The first-order valence-electron chi connectivity index (χ1n) is 9.23. The molecule has 2 aromatic carbocycles. The zero-order valence-corrected chi connectivity index (χ0v) is 16.7. The predicted molar refractivity (Wildman–Crippen MR) is 116 cm³/mol. The van der Waals surface area contributed by atoms with Crippen LogP contribution in [0.3, 0.4) is 0 Å². The van der Waals surface area contributed by atoms with Crippen LogP contribution in [0.25, 0.3) is 16.5 Å². The number of ether oxygens (including phenoxy) is 1. The number of aromatic hydroxyl groups is 1. The summed E-state index contributed by atoms with van der Waals surface area (Å²) in [7, 11) is 3.29. The normalized spacial score (nSPS) is 11.4. The van der Waals surface area contributed by atoms with Crippen LogP contribution in [0.5, 0.6) is 11.6 Å². The molecule has 152 valence electrons. The van der Waals surface area contributed by atoms with Gasteiger partial charge in [0.2, 0.25) is 5.88 Å². The van der Waals surface area contributed by atoms with E-state index < -0.39 is 5.56 Å². The highest BCUT2D eigenvalue weighted by atomic mass is 16.5. The molecule has 0 unspecified atom stereocenters. The van der Waals surface area contributed by atoms with Crippen molar-refractivity contribution in [1.82, 2.24) is 14.3 Å². The molecule has 8 nitrogen and oxygen atoms in total. The fourth-order valence-corrected chi connectivity index (χ4v) is 3.41. The summed E-state index contributed by atoms with van der Waals surface area (Å²) >= 11 is 0. The average molecular weight is 404 g/mol. The monoisotopic (exact) mass is 404 g/mol. The molecule has 0 spiro atoms. The van der Waals surface area contributed by atoms with Crippen molar-refractivity contribution < 1.29 is 9.84 Å². The standard InChI is InChI=1S/C22H20N4O4/c1-13-19(22(29)26(25(13)2)14-7-5-4-6-8-14)23-12-18-16-10-9-15(30-3)11-17(16)20(27)24-21(18)28/h4-12H,1-3H3,(H2,24,27,28). The molecule has 2 N–H and O–H groups in total. The molecule has 4 rings (SSSR count). The summed E-state index contributed by atoms with van der Waals surface area (Å²) in [6.45, 7) is 1.79. The first kappa shape index (κ1) is 19.3. The smallest absolute Gasteiger partial charge is 0.297 e. The Bertz CT molecular complexity index is 1390. The maximum Gasteiger partial charge on any atom is 0.297 e. The van der Waals surface area contributed by atoms with Crippen molar-refractivity contribution in [3.05, 3.63) is 80.5 Å². The number of methoxy groups -OCH3 is 1. The largest absolute Gasteiger partial charge is 0.497 e. The van der Waals surface area contributed by atoms with Crippen molar-refractivity contribution in [2.24, 2.45) is 12.0 Å². The Morgan fingerprint density at radius 1 is 1.10 bits per heavy atom. The Morgan fingerprint density at radius 3 is 2.53 bits per heavy atom. The molecule has 4 aromatic rings. The lowest BCUT2D eigenvalue weighted by molar-refractivity contribution is 0.415. The van der Waals surface area contributed by atoms with Crippen LogP contribution in [-0.4, -0.2) is 32.8 Å². The van der Waals surface area contributed by atoms with Gasteiger partial charge in [-0.3, -0.25) is 19.3 Å². The molecule has 2 heterocycles. The fraction of sp³-hybridized carbons (Fsp3) is 0.136. The SMILES string of the molecule is COc1ccc2c(C=Nc3c(C)n(C)n(-c4ccccc4)c3=O)c(O)[nH]c(=O)c2c1. The molecular formula is C22H20N4O4. The molecule has 30 heavy (non-hydrogen) atoms. The highest BCUT2D eigenvalue weighted by Crippen LogP contribution is 2.25. The number of H-pyrrole nitrogens is 1. The minimum Gasteiger partial charge on any atom is -0.497 e. The third-order valence-electron chi connectivity index (χ3n) is 5.10. The van der Waals surface area contributed by atoms with E-state index in [0.717, 1.165) is 5.69 Å². The summed E-state index contributed by atoms with van der Waals surface area (Å²) < 4.78 is 8.42. The number of para-hydroxylation sites is 1. The van der Waals surface area contributed by atoms with Gasteiger partial charge in [0.25, 0.3) is 11.1 Å². The summed E-state index contributed by atoms with van der Waals surface area (Å²) in [4.78, 5) is 32.0. The minimum atomic E-state index is -0.444. The van der Waals surface area contributed by atoms with Crippen molar-refractivity contribution in [3.8, 4) is 17.3 Å². The van der Waals surface area contributed by atoms with E-state index in [-0.39, 0.29) is 17.1 Å². The average Bonchev–Trinajstić information content (AvgIpc) is 2.96. The second-order valence-electron chi connectivity index (χ2n) is 6.80. The maximum absolute atomic E-state index is 13.0. The van der Waals surface area contributed by atoms with Gasteiger partial charge in [-0.05, 0) is 37.3 Å². The van der Waals surface area contributed by atoms with Gasteiger partial charge in [-0.15, -0.1) is 0 Å². The number of nitrogens with zero attached hydrogens (tertiary/aromatic N) is 3. The zero-order chi connectivity index (χ0) is 21.4. The van der Waals surface area contributed by atoms with Crippen LogP contribution < -0.4 is 15.9 Å². The Morgan fingerprint density at radius 2 is 1.83 bits per heavy atom. The van der Waals surface area contributed by atoms with Crippen LogP contribution in [0.1, 0.15) is 11.3 Å². The highest BCUT2D eigenvalue weighted by molar-refractivity contribution is 6.02. The van der Waals surface area contributed by atoms with Crippen LogP contribution in [-0.2, 0) is 7.05 Å². The molecule has 0 saturated heterocycles. The van der Waals surface area contributed by atoms with E-state index in [4.69, 9.17) is 4.74 Å². The second kappa shape index (κ2) is 7.40. The minimum absolute atomic E-state index is 0.244. The number of hydrogen-bond acceptors (Lipinski definition) is 5. The van der Waals surface area contributed by atoms with E-state index in [9.17, 15) is 14.7 Å². The number of rotatable bonds is 4. The molecule has 0 aliphatic carbocycles. The van der Waals surface area contributed by atoms with Gasteiger partial charge in [0, 0.05) is 18.6 Å². The van der Waals surface area contributed by atoms with Gasteiger partial charge >= 0.3 is 0 Å². The number of benzene rings is 2. The van der Waals surface area contributed by atoms with Gasteiger partial charge in [-0.25, -0.2) is 9.67 Å². The van der Waals surface area contributed by atoms with Gasteiger partial charge in [-0.2, -0.15) is 0 Å². The van der Waals surface area contributed by atoms with E-state index in [0.29, 0.717) is 27.8 Å². The van der Waals surface area contributed by atoms with Crippen LogP contribution in [0.2, 0.25) is 0 Å². The first-order valence-corrected chi connectivity index (χ1v) is 9.23. The van der Waals surface area contributed by atoms with Crippen LogP contribution in [0.15, 0.2) is 63.1 Å². The number of hydrogen-bond donors (Lipinski definition) is 2. The number of aromatic nitrogens is 3. The third-order valence-corrected chi connectivity index (χ3v) is 5.10. The molecule has 0 radical (unpaired) electrons. The van der Waals surface area contributed by atoms with E-state index >= 15 is 0 Å². The van der Waals surface area contributed by atoms with Gasteiger partial charge in [0.05, 0.1) is 29.4 Å². The van der Waals surface area contributed by atoms with E-state index in [1.54, 1.807) is 36.9 Å². The Kier molecular flexibility index (Phi) is 4.75. The summed E-state index contributed by atoms with van der Waals surface area (Å²) in [5, 5.41) is 11.1. The van der Waals surface area contributed by atoms with Crippen LogP contribution in [0, 0.1) is 6.92 Å². The Hall–Kier alpha value is -4.07. The number of pyridine rings is 1. The van der Waals surface area contributed by atoms with E-state index in [1.807, 2.05) is 30.3 Å². The number of fused-ring (bicyclic) bond motifs is 1.